The minimum Gasteiger partial charge on any atom is -0.285 e. The van der Waals surface area contributed by atoms with Crippen molar-refractivity contribution in [2.45, 2.75) is 6.92 Å². The highest BCUT2D eigenvalue weighted by Gasteiger charge is 2.13. The molecule has 0 aliphatic heterocycles. The Morgan fingerprint density at radius 1 is 1.47 bits per heavy atom. The number of aryl methyl sites for hydroxylation is 1. The number of rotatable bonds is 2. The molecule has 1 aromatic rings. The average Bonchev–Trinajstić information content (AvgIpc) is 2.09. The molecule has 5 heteroatoms. The first kappa shape index (κ1) is 11.9. The Kier molecular flexibility index (Phi) is 3.66. The Balaban J connectivity index is 3.04. The summed E-state index contributed by atoms with van der Waals surface area (Å²) in [5.41, 5.74) is 3.04. The van der Waals surface area contributed by atoms with Gasteiger partial charge in [-0.05, 0) is 24.6 Å². The van der Waals surface area contributed by atoms with E-state index in [-0.39, 0.29) is 10.6 Å². The molecule has 0 spiro atoms. The first-order chi connectivity index (χ1) is 6.91. The zero-order chi connectivity index (χ0) is 11.6. The summed E-state index contributed by atoms with van der Waals surface area (Å²) in [6.45, 7) is 1.59. The van der Waals surface area contributed by atoms with Gasteiger partial charge in [0.25, 0.3) is 5.91 Å². The van der Waals surface area contributed by atoms with Gasteiger partial charge < -0.3 is 0 Å². The third-order valence-corrected chi connectivity index (χ3v) is 2.13. The van der Waals surface area contributed by atoms with Gasteiger partial charge in [-0.25, -0.2) is 9.40 Å². The second-order valence-electron chi connectivity index (χ2n) is 3.42. The number of hydrogen-bond donors (Lipinski definition) is 1. The fourth-order valence-electron chi connectivity index (χ4n) is 1.08. The van der Waals surface area contributed by atoms with Crippen LogP contribution in [0.5, 0.6) is 0 Å². The molecule has 0 unspecified atom stereocenters. The van der Waals surface area contributed by atoms with E-state index in [9.17, 15) is 9.18 Å². The van der Waals surface area contributed by atoms with Crippen LogP contribution in [0.4, 0.5) is 4.39 Å². The van der Waals surface area contributed by atoms with Crippen molar-refractivity contribution >= 4 is 17.5 Å². The van der Waals surface area contributed by atoms with E-state index in [1.165, 1.54) is 11.1 Å². The second-order valence-corrected chi connectivity index (χ2v) is 3.82. The summed E-state index contributed by atoms with van der Waals surface area (Å²) in [6, 6.07) is 2.57. The lowest BCUT2D eigenvalue weighted by molar-refractivity contribution is 0.0856. The van der Waals surface area contributed by atoms with Crippen LogP contribution in [-0.2, 0) is 0 Å². The summed E-state index contributed by atoms with van der Waals surface area (Å²) >= 11 is 5.83. The number of benzene rings is 1. The fraction of sp³-hybridized carbons (Fsp3) is 0.300. The minimum atomic E-state index is -0.441. The van der Waals surface area contributed by atoms with Gasteiger partial charge >= 0.3 is 0 Å². The molecule has 1 N–H and O–H groups in total. The lowest BCUT2D eigenvalue weighted by Crippen LogP contribution is -2.36. The first-order valence-corrected chi connectivity index (χ1v) is 4.73. The highest BCUT2D eigenvalue weighted by molar-refractivity contribution is 6.33. The number of halogens is 2. The van der Waals surface area contributed by atoms with Crippen LogP contribution >= 0.6 is 11.6 Å². The molecule has 1 aromatic carbocycles. The Bertz CT molecular complexity index is 393. The molecule has 0 saturated carbocycles. The summed E-state index contributed by atoms with van der Waals surface area (Å²) < 4.78 is 13.2. The molecule has 0 aromatic heterocycles. The van der Waals surface area contributed by atoms with Gasteiger partial charge in [0.2, 0.25) is 0 Å². The summed E-state index contributed by atoms with van der Waals surface area (Å²) in [7, 11) is 3.33. The van der Waals surface area contributed by atoms with Crippen molar-refractivity contribution in [2.75, 3.05) is 14.1 Å². The second kappa shape index (κ2) is 4.59. The van der Waals surface area contributed by atoms with E-state index >= 15 is 0 Å². The number of amides is 1. The van der Waals surface area contributed by atoms with Gasteiger partial charge in [0.1, 0.15) is 5.82 Å². The number of hydrazine groups is 1. The molecule has 82 valence electrons. The largest absolute Gasteiger partial charge is 0.285 e. The molecule has 0 aliphatic carbocycles. The lowest BCUT2D eigenvalue weighted by atomic mass is 10.1. The topological polar surface area (TPSA) is 32.3 Å². The van der Waals surface area contributed by atoms with E-state index in [2.05, 4.69) is 5.43 Å². The molecule has 0 heterocycles. The van der Waals surface area contributed by atoms with Crippen LogP contribution < -0.4 is 5.43 Å². The summed E-state index contributed by atoms with van der Waals surface area (Å²) in [5, 5.41) is 1.71. The maximum Gasteiger partial charge on any atom is 0.267 e. The molecule has 15 heavy (non-hydrogen) atoms. The van der Waals surface area contributed by atoms with Crippen LogP contribution in [0.3, 0.4) is 0 Å². The number of nitrogens with zero attached hydrogens (tertiary/aromatic N) is 1. The molecule has 0 fully saturated rings. The zero-order valence-electron chi connectivity index (χ0n) is 8.77. The van der Waals surface area contributed by atoms with Crippen molar-refractivity contribution in [3.05, 3.63) is 34.1 Å². The van der Waals surface area contributed by atoms with E-state index in [1.54, 1.807) is 21.0 Å². The predicted molar refractivity (Wildman–Crippen MR) is 57.3 cm³/mol. The van der Waals surface area contributed by atoms with E-state index in [0.29, 0.717) is 5.56 Å². The predicted octanol–water partition coefficient (Wildman–Crippen LogP) is 1.99. The van der Waals surface area contributed by atoms with Crippen LogP contribution in [-0.4, -0.2) is 25.0 Å². The maximum atomic E-state index is 13.2. The van der Waals surface area contributed by atoms with Crippen LogP contribution in [0.25, 0.3) is 0 Å². The zero-order valence-corrected chi connectivity index (χ0v) is 9.52. The Labute approximate surface area is 92.8 Å². The van der Waals surface area contributed by atoms with Crippen molar-refractivity contribution in [1.29, 1.82) is 0 Å². The monoisotopic (exact) mass is 230 g/mol. The Morgan fingerprint density at radius 2 is 2.07 bits per heavy atom. The SMILES string of the molecule is Cc1cc(Cl)c(C(=O)NN(C)C)cc1F. The molecule has 1 amide bonds. The molecular formula is C10H12ClFN2O. The molecular weight excluding hydrogens is 219 g/mol. The number of carbonyl (C=O) groups is 1. The van der Waals surface area contributed by atoms with Gasteiger partial charge in [-0.2, -0.15) is 0 Å². The third-order valence-electron chi connectivity index (χ3n) is 1.82. The highest BCUT2D eigenvalue weighted by Crippen LogP contribution is 2.20. The molecule has 0 saturated heterocycles. The molecule has 3 nitrogen and oxygen atoms in total. The van der Waals surface area contributed by atoms with Crippen LogP contribution in [0, 0.1) is 12.7 Å². The van der Waals surface area contributed by atoms with Crippen LogP contribution in [0.15, 0.2) is 12.1 Å². The van der Waals surface area contributed by atoms with Crippen LogP contribution in [0.2, 0.25) is 5.02 Å². The van der Waals surface area contributed by atoms with Crippen molar-refractivity contribution in [1.82, 2.24) is 10.4 Å². The number of hydrogen-bond acceptors (Lipinski definition) is 2. The van der Waals surface area contributed by atoms with E-state index in [1.807, 2.05) is 0 Å². The van der Waals surface area contributed by atoms with Gasteiger partial charge in [-0.15, -0.1) is 0 Å². The average molecular weight is 231 g/mol. The van der Waals surface area contributed by atoms with Gasteiger partial charge in [-0.3, -0.25) is 10.2 Å². The summed E-state index contributed by atoms with van der Waals surface area (Å²) in [5.74, 6) is -0.868. The maximum absolute atomic E-state index is 13.2. The van der Waals surface area contributed by atoms with Crippen molar-refractivity contribution in [3.63, 3.8) is 0 Å². The van der Waals surface area contributed by atoms with E-state index < -0.39 is 11.7 Å². The first-order valence-electron chi connectivity index (χ1n) is 4.35. The normalized spacial score (nSPS) is 10.5. The number of nitrogens with one attached hydrogen (secondary N) is 1. The smallest absolute Gasteiger partial charge is 0.267 e. The molecule has 0 aliphatic rings. The summed E-state index contributed by atoms with van der Waals surface area (Å²) in [4.78, 5) is 11.5. The van der Waals surface area contributed by atoms with Crippen LogP contribution in [0.1, 0.15) is 15.9 Å². The van der Waals surface area contributed by atoms with E-state index in [0.717, 1.165) is 6.07 Å². The molecule has 1 rings (SSSR count). The number of carbonyl (C=O) groups excluding carboxylic acids is 1. The molecule has 0 radical (unpaired) electrons. The lowest BCUT2D eigenvalue weighted by Gasteiger charge is -2.13. The summed E-state index contributed by atoms with van der Waals surface area (Å²) in [6.07, 6.45) is 0. The Morgan fingerprint density at radius 3 is 2.60 bits per heavy atom. The third kappa shape index (κ3) is 2.91. The van der Waals surface area contributed by atoms with Gasteiger partial charge in [0.15, 0.2) is 0 Å². The fourth-order valence-corrected chi connectivity index (χ4v) is 1.39. The minimum absolute atomic E-state index is 0.133. The molecule has 0 bridgehead atoms. The van der Waals surface area contributed by atoms with Gasteiger partial charge in [0.05, 0.1) is 10.6 Å². The van der Waals surface area contributed by atoms with Crippen molar-refractivity contribution in [3.8, 4) is 0 Å². The Hall–Kier alpha value is -1.13. The quantitative estimate of drug-likeness (QED) is 0.789. The van der Waals surface area contributed by atoms with Crippen molar-refractivity contribution in [2.24, 2.45) is 0 Å². The molecule has 0 atom stereocenters. The standard InChI is InChI=1S/C10H12ClFN2O/c1-6-4-8(11)7(5-9(6)12)10(15)13-14(2)3/h4-5H,1-3H3,(H,13,15). The van der Waals surface area contributed by atoms with Gasteiger partial charge in [0, 0.05) is 14.1 Å². The highest BCUT2D eigenvalue weighted by atomic mass is 35.5. The van der Waals surface area contributed by atoms with Crippen molar-refractivity contribution < 1.29 is 9.18 Å². The van der Waals surface area contributed by atoms with E-state index in [4.69, 9.17) is 11.6 Å². The van der Waals surface area contributed by atoms with Gasteiger partial charge in [-0.1, -0.05) is 11.6 Å².